The van der Waals surface area contributed by atoms with Gasteiger partial charge < -0.3 is 4.74 Å². The number of carbonyl (C=O) groups excluding carboxylic acids is 1. The van der Waals surface area contributed by atoms with Crippen LogP contribution in [-0.2, 0) is 11.2 Å². The first kappa shape index (κ1) is 15.4. The molecule has 1 aromatic carbocycles. The second-order valence-corrected chi connectivity index (χ2v) is 5.73. The van der Waals surface area contributed by atoms with E-state index in [1.807, 2.05) is 30.3 Å². The number of nitrogens with zero attached hydrogens (tertiary/aromatic N) is 2. The van der Waals surface area contributed by atoms with Crippen LogP contribution in [0.2, 0.25) is 0 Å². The number of hydrogen-bond acceptors (Lipinski definition) is 5. The first-order valence-electron chi connectivity index (χ1n) is 7.04. The van der Waals surface area contributed by atoms with Crippen LogP contribution in [0.1, 0.15) is 31.7 Å². The lowest BCUT2D eigenvalue weighted by atomic mass is 10.3. The van der Waals surface area contributed by atoms with Crippen LogP contribution < -0.4 is 10.1 Å². The van der Waals surface area contributed by atoms with Gasteiger partial charge in [0.1, 0.15) is 10.8 Å². The fraction of sp³-hybridized carbons (Fsp3) is 0.400. The summed E-state index contributed by atoms with van der Waals surface area (Å²) in [6, 6.07) is 9.27. The van der Waals surface area contributed by atoms with Crippen molar-refractivity contribution >= 4 is 22.4 Å². The molecule has 0 saturated carbocycles. The fourth-order valence-corrected chi connectivity index (χ4v) is 2.48. The zero-order valence-electron chi connectivity index (χ0n) is 12.2. The Morgan fingerprint density at radius 1 is 1.33 bits per heavy atom. The number of unbranched alkanes of at least 4 members (excludes halogenated alkanes) is 1. The molecular weight excluding hydrogens is 286 g/mol. The standard InChI is InChI=1S/C15H19N3O2S/c1-3-4-10-13-17-18-15(21-13)16-14(19)11(2)20-12-8-6-5-7-9-12/h5-9,11H,3-4,10H2,1-2H3,(H,16,18,19). The summed E-state index contributed by atoms with van der Waals surface area (Å²) in [4.78, 5) is 12.0. The van der Waals surface area contributed by atoms with Crippen LogP contribution >= 0.6 is 11.3 Å². The molecule has 0 fully saturated rings. The predicted octanol–water partition coefficient (Wildman–Crippen LogP) is 3.29. The largest absolute Gasteiger partial charge is 0.481 e. The van der Waals surface area contributed by atoms with E-state index in [1.54, 1.807) is 6.92 Å². The van der Waals surface area contributed by atoms with Crippen molar-refractivity contribution in [3.8, 4) is 5.75 Å². The van der Waals surface area contributed by atoms with E-state index in [9.17, 15) is 4.79 Å². The summed E-state index contributed by atoms with van der Waals surface area (Å²) in [5, 5.41) is 12.3. The summed E-state index contributed by atoms with van der Waals surface area (Å²) in [5.74, 6) is 0.443. The number of amides is 1. The molecule has 5 nitrogen and oxygen atoms in total. The van der Waals surface area contributed by atoms with Gasteiger partial charge in [0.05, 0.1) is 0 Å². The molecule has 0 bridgehead atoms. The highest BCUT2D eigenvalue weighted by molar-refractivity contribution is 7.15. The molecule has 2 aromatic rings. The summed E-state index contributed by atoms with van der Waals surface area (Å²) in [6.45, 7) is 3.84. The van der Waals surface area contributed by atoms with Crippen LogP contribution in [-0.4, -0.2) is 22.2 Å². The van der Waals surface area contributed by atoms with E-state index in [-0.39, 0.29) is 5.91 Å². The van der Waals surface area contributed by atoms with Crippen molar-refractivity contribution < 1.29 is 9.53 Å². The second-order valence-electron chi connectivity index (χ2n) is 4.67. The molecule has 0 aliphatic rings. The molecule has 0 radical (unpaired) electrons. The SMILES string of the molecule is CCCCc1nnc(NC(=O)C(C)Oc2ccccc2)s1. The fourth-order valence-electron chi connectivity index (χ4n) is 1.70. The van der Waals surface area contributed by atoms with E-state index >= 15 is 0 Å². The van der Waals surface area contributed by atoms with Crippen molar-refractivity contribution in [3.05, 3.63) is 35.3 Å². The first-order chi connectivity index (χ1) is 10.2. The van der Waals surface area contributed by atoms with Crippen molar-refractivity contribution in [1.29, 1.82) is 0 Å². The summed E-state index contributed by atoms with van der Waals surface area (Å²) in [7, 11) is 0. The molecule has 1 heterocycles. The monoisotopic (exact) mass is 305 g/mol. The molecule has 1 N–H and O–H groups in total. The Bertz CT molecular complexity index is 571. The summed E-state index contributed by atoms with van der Waals surface area (Å²) in [5.41, 5.74) is 0. The van der Waals surface area contributed by atoms with Gasteiger partial charge in [0, 0.05) is 6.42 Å². The van der Waals surface area contributed by atoms with Crippen molar-refractivity contribution in [2.24, 2.45) is 0 Å². The maximum absolute atomic E-state index is 12.0. The van der Waals surface area contributed by atoms with E-state index in [2.05, 4.69) is 22.4 Å². The normalized spacial score (nSPS) is 11.9. The van der Waals surface area contributed by atoms with Crippen LogP contribution in [0.3, 0.4) is 0 Å². The highest BCUT2D eigenvalue weighted by Crippen LogP contribution is 2.18. The van der Waals surface area contributed by atoms with Gasteiger partial charge in [-0.15, -0.1) is 10.2 Å². The Morgan fingerprint density at radius 3 is 2.81 bits per heavy atom. The van der Waals surface area contributed by atoms with E-state index in [0.29, 0.717) is 10.9 Å². The molecular formula is C15H19N3O2S. The highest BCUT2D eigenvalue weighted by atomic mass is 32.1. The van der Waals surface area contributed by atoms with Gasteiger partial charge in [-0.25, -0.2) is 0 Å². The van der Waals surface area contributed by atoms with E-state index in [4.69, 9.17) is 4.74 Å². The van der Waals surface area contributed by atoms with E-state index in [1.165, 1.54) is 11.3 Å². The Hall–Kier alpha value is -1.95. The number of benzene rings is 1. The molecule has 0 spiro atoms. The molecule has 112 valence electrons. The van der Waals surface area contributed by atoms with Gasteiger partial charge in [-0.05, 0) is 25.5 Å². The minimum absolute atomic E-state index is 0.225. The average molecular weight is 305 g/mol. The lowest BCUT2D eigenvalue weighted by Gasteiger charge is -2.13. The summed E-state index contributed by atoms with van der Waals surface area (Å²) in [6.07, 6.45) is 2.51. The van der Waals surface area contributed by atoms with Crippen LogP contribution in [0.15, 0.2) is 30.3 Å². The highest BCUT2D eigenvalue weighted by Gasteiger charge is 2.16. The topological polar surface area (TPSA) is 64.1 Å². The van der Waals surface area contributed by atoms with Gasteiger partial charge in [-0.1, -0.05) is 42.9 Å². The van der Waals surface area contributed by atoms with E-state index in [0.717, 1.165) is 24.3 Å². The smallest absolute Gasteiger partial charge is 0.266 e. The molecule has 1 aromatic heterocycles. The Labute approximate surface area is 128 Å². The number of aryl methyl sites for hydroxylation is 1. The number of anilines is 1. The maximum atomic E-state index is 12.0. The van der Waals surface area contributed by atoms with Gasteiger partial charge in [0.15, 0.2) is 6.10 Å². The van der Waals surface area contributed by atoms with Crippen LogP contribution in [0.5, 0.6) is 5.75 Å². The maximum Gasteiger partial charge on any atom is 0.266 e. The number of para-hydroxylation sites is 1. The van der Waals surface area contributed by atoms with Gasteiger partial charge in [0.2, 0.25) is 5.13 Å². The van der Waals surface area contributed by atoms with Gasteiger partial charge >= 0.3 is 0 Å². The van der Waals surface area contributed by atoms with Crippen molar-refractivity contribution in [3.63, 3.8) is 0 Å². The third-order valence-electron chi connectivity index (χ3n) is 2.87. The molecule has 0 aliphatic heterocycles. The van der Waals surface area contributed by atoms with Gasteiger partial charge in [-0.2, -0.15) is 0 Å². The van der Waals surface area contributed by atoms with Gasteiger partial charge in [-0.3, -0.25) is 10.1 Å². The number of aromatic nitrogens is 2. The lowest BCUT2D eigenvalue weighted by molar-refractivity contribution is -0.122. The molecule has 6 heteroatoms. The second kappa shape index (κ2) is 7.73. The Morgan fingerprint density at radius 2 is 2.10 bits per heavy atom. The molecule has 0 saturated heterocycles. The van der Waals surface area contributed by atoms with Crippen molar-refractivity contribution in [2.45, 2.75) is 39.2 Å². The Kier molecular flexibility index (Phi) is 5.68. The molecule has 21 heavy (non-hydrogen) atoms. The number of rotatable bonds is 7. The van der Waals surface area contributed by atoms with Crippen molar-refractivity contribution in [1.82, 2.24) is 10.2 Å². The van der Waals surface area contributed by atoms with Crippen LogP contribution in [0.4, 0.5) is 5.13 Å². The summed E-state index contributed by atoms with van der Waals surface area (Å²) < 4.78 is 5.56. The molecule has 0 aliphatic carbocycles. The predicted molar refractivity (Wildman–Crippen MR) is 83.7 cm³/mol. The quantitative estimate of drug-likeness (QED) is 0.852. The molecule has 1 atom stereocenters. The van der Waals surface area contributed by atoms with Crippen LogP contribution in [0.25, 0.3) is 0 Å². The minimum atomic E-state index is -0.588. The minimum Gasteiger partial charge on any atom is -0.481 e. The molecule has 1 amide bonds. The number of carbonyl (C=O) groups is 1. The third kappa shape index (κ3) is 4.82. The molecule has 2 rings (SSSR count). The zero-order chi connectivity index (χ0) is 15.1. The third-order valence-corrected chi connectivity index (χ3v) is 3.76. The average Bonchev–Trinajstić information content (AvgIpc) is 2.93. The summed E-state index contributed by atoms with van der Waals surface area (Å²) >= 11 is 1.42. The number of hydrogen-bond donors (Lipinski definition) is 1. The number of ether oxygens (including phenoxy) is 1. The first-order valence-corrected chi connectivity index (χ1v) is 7.85. The van der Waals surface area contributed by atoms with Gasteiger partial charge in [0.25, 0.3) is 5.91 Å². The van der Waals surface area contributed by atoms with Crippen LogP contribution in [0, 0.1) is 0 Å². The number of nitrogens with one attached hydrogen (secondary N) is 1. The Balaban J connectivity index is 1.87. The molecule has 1 unspecified atom stereocenters. The zero-order valence-corrected chi connectivity index (χ0v) is 13.0. The van der Waals surface area contributed by atoms with E-state index < -0.39 is 6.10 Å². The van der Waals surface area contributed by atoms with Crippen molar-refractivity contribution in [2.75, 3.05) is 5.32 Å². The lowest BCUT2D eigenvalue weighted by Crippen LogP contribution is -2.30.